The van der Waals surface area contributed by atoms with Crippen molar-refractivity contribution in [1.82, 2.24) is 20.5 Å². The van der Waals surface area contributed by atoms with Crippen LogP contribution >= 0.6 is 11.8 Å². The van der Waals surface area contributed by atoms with Gasteiger partial charge in [0.15, 0.2) is 0 Å². The molecule has 2 N–H and O–H groups in total. The molecule has 3 amide bonds. The van der Waals surface area contributed by atoms with E-state index in [0.717, 1.165) is 16.7 Å². The predicted molar refractivity (Wildman–Crippen MR) is 140 cm³/mol. The first kappa shape index (κ1) is 24.7. The van der Waals surface area contributed by atoms with E-state index in [0.29, 0.717) is 43.6 Å². The van der Waals surface area contributed by atoms with Crippen LogP contribution in [0.5, 0.6) is 0 Å². The quantitative estimate of drug-likeness (QED) is 0.504. The van der Waals surface area contributed by atoms with Crippen molar-refractivity contribution in [3.63, 3.8) is 0 Å². The van der Waals surface area contributed by atoms with E-state index in [9.17, 15) is 14.4 Å². The summed E-state index contributed by atoms with van der Waals surface area (Å²) in [6, 6.07) is 19.7. The van der Waals surface area contributed by atoms with E-state index < -0.39 is 6.04 Å². The third-order valence-electron chi connectivity index (χ3n) is 6.22. The Bertz CT molecular complexity index is 1180. The number of aromatic nitrogens is 1. The second kappa shape index (κ2) is 11.8. The molecule has 1 atom stereocenters. The van der Waals surface area contributed by atoms with Crippen LogP contribution in [0.3, 0.4) is 0 Å². The Balaban J connectivity index is 1.36. The van der Waals surface area contributed by atoms with Crippen LogP contribution in [0, 0.1) is 0 Å². The molecule has 3 aromatic rings. The van der Waals surface area contributed by atoms with Gasteiger partial charge in [-0.2, -0.15) is 11.8 Å². The van der Waals surface area contributed by atoms with Crippen LogP contribution in [0.4, 0.5) is 0 Å². The van der Waals surface area contributed by atoms with Crippen LogP contribution < -0.4 is 10.6 Å². The second-order valence-corrected chi connectivity index (χ2v) is 9.62. The molecule has 1 fully saturated rings. The van der Waals surface area contributed by atoms with Crippen LogP contribution in [-0.2, 0) is 4.79 Å². The van der Waals surface area contributed by atoms with E-state index >= 15 is 0 Å². The highest BCUT2D eigenvalue weighted by atomic mass is 32.2. The number of rotatable bonds is 8. The summed E-state index contributed by atoms with van der Waals surface area (Å²) in [6.07, 6.45) is 3.89. The first-order valence-electron chi connectivity index (χ1n) is 11.9. The van der Waals surface area contributed by atoms with Gasteiger partial charge in [0.05, 0.1) is 5.52 Å². The van der Waals surface area contributed by atoms with E-state index in [2.05, 4.69) is 15.6 Å². The van der Waals surface area contributed by atoms with Crippen molar-refractivity contribution >= 4 is 40.4 Å². The fraction of sp³-hybridized carbons (Fsp3) is 0.333. The smallest absolute Gasteiger partial charge is 0.270 e. The number of amides is 3. The third kappa shape index (κ3) is 6.39. The normalized spacial score (nSPS) is 14.9. The van der Waals surface area contributed by atoms with Gasteiger partial charge < -0.3 is 15.5 Å². The Labute approximate surface area is 209 Å². The zero-order chi connectivity index (χ0) is 24.6. The maximum absolute atomic E-state index is 13.3. The molecular weight excluding hydrogens is 460 g/mol. The Morgan fingerprint density at radius 2 is 1.69 bits per heavy atom. The molecule has 182 valence electrons. The fourth-order valence-electron chi connectivity index (χ4n) is 4.24. The highest BCUT2D eigenvalue weighted by molar-refractivity contribution is 7.98. The van der Waals surface area contributed by atoms with Crippen LogP contribution in [0.25, 0.3) is 10.9 Å². The third-order valence-corrected chi connectivity index (χ3v) is 6.87. The number of para-hydroxylation sites is 1. The summed E-state index contributed by atoms with van der Waals surface area (Å²) in [6.45, 7) is 1.08. The summed E-state index contributed by atoms with van der Waals surface area (Å²) in [5.74, 6) is 0.232. The van der Waals surface area contributed by atoms with Crippen LogP contribution in [0.2, 0.25) is 0 Å². The Morgan fingerprint density at radius 3 is 2.43 bits per heavy atom. The summed E-state index contributed by atoms with van der Waals surface area (Å²) in [7, 11) is 0. The van der Waals surface area contributed by atoms with Crippen molar-refractivity contribution in [2.45, 2.75) is 31.3 Å². The molecule has 0 spiro atoms. The summed E-state index contributed by atoms with van der Waals surface area (Å²) in [5.41, 5.74) is 1.67. The molecule has 35 heavy (non-hydrogen) atoms. The first-order chi connectivity index (χ1) is 17.0. The van der Waals surface area contributed by atoms with Gasteiger partial charge in [0.1, 0.15) is 11.7 Å². The Morgan fingerprint density at radius 1 is 0.971 bits per heavy atom. The minimum absolute atomic E-state index is 0.0211. The number of nitrogens with one attached hydrogen (secondary N) is 2. The molecule has 1 aliphatic rings. The SMILES string of the molecule is CSCC[C@H](NC(=O)c1ccc2ccccc2n1)C(=O)N1CCC(NC(=O)c2ccccc2)CC1. The lowest BCUT2D eigenvalue weighted by Crippen LogP contribution is -2.53. The van der Waals surface area contributed by atoms with E-state index in [1.54, 1.807) is 34.9 Å². The van der Waals surface area contributed by atoms with Gasteiger partial charge in [0, 0.05) is 30.1 Å². The number of carbonyl (C=O) groups is 3. The number of likely N-dealkylation sites (tertiary alicyclic amines) is 1. The van der Waals surface area contributed by atoms with E-state index in [1.165, 1.54) is 0 Å². The molecule has 0 aliphatic carbocycles. The predicted octanol–water partition coefficient (Wildman–Crippen LogP) is 3.51. The van der Waals surface area contributed by atoms with E-state index in [4.69, 9.17) is 0 Å². The number of fused-ring (bicyclic) bond motifs is 1. The van der Waals surface area contributed by atoms with Crippen LogP contribution in [0.15, 0.2) is 66.7 Å². The highest BCUT2D eigenvalue weighted by Gasteiger charge is 2.30. The summed E-state index contributed by atoms with van der Waals surface area (Å²) < 4.78 is 0. The number of piperidine rings is 1. The number of pyridine rings is 1. The number of benzene rings is 2. The standard InChI is InChI=1S/C27H30N4O3S/c1-35-18-15-24(30-26(33)23-12-11-19-7-5-6-10-22(19)29-23)27(34)31-16-13-21(14-17-31)28-25(32)20-8-3-2-4-9-20/h2-12,21,24H,13-18H2,1H3,(H,28,32)(H,30,33)/t24-/m0/s1. The van der Waals surface area contributed by atoms with Crippen molar-refractivity contribution in [1.29, 1.82) is 0 Å². The highest BCUT2D eigenvalue weighted by Crippen LogP contribution is 2.16. The summed E-state index contributed by atoms with van der Waals surface area (Å²) in [5, 5.41) is 6.95. The average Bonchev–Trinajstić information content (AvgIpc) is 2.91. The molecular formula is C27H30N4O3S. The van der Waals surface area contributed by atoms with Gasteiger partial charge in [-0.05, 0) is 55.5 Å². The molecule has 0 unspecified atom stereocenters. The second-order valence-electron chi connectivity index (χ2n) is 8.64. The molecule has 0 saturated carbocycles. The van der Waals surface area contributed by atoms with Gasteiger partial charge in [-0.15, -0.1) is 0 Å². The number of hydrogen-bond donors (Lipinski definition) is 2. The molecule has 2 aromatic carbocycles. The van der Waals surface area contributed by atoms with Crippen LogP contribution in [0.1, 0.15) is 40.1 Å². The average molecular weight is 491 g/mol. The lowest BCUT2D eigenvalue weighted by molar-refractivity contribution is -0.134. The maximum atomic E-state index is 13.3. The van der Waals surface area contributed by atoms with Gasteiger partial charge in [0.2, 0.25) is 5.91 Å². The summed E-state index contributed by atoms with van der Waals surface area (Å²) in [4.78, 5) is 45.0. The van der Waals surface area contributed by atoms with Gasteiger partial charge >= 0.3 is 0 Å². The van der Waals surface area contributed by atoms with Crippen molar-refractivity contribution in [3.05, 3.63) is 78.0 Å². The molecule has 1 aliphatic heterocycles. The Hall–Kier alpha value is -3.39. The van der Waals surface area contributed by atoms with Crippen LogP contribution in [-0.4, -0.2) is 64.8 Å². The fourth-order valence-corrected chi connectivity index (χ4v) is 4.71. The van der Waals surface area contributed by atoms with E-state index in [-0.39, 0.29) is 23.8 Å². The lowest BCUT2D eigenvalue weighted by Gasteiger charge is -2.34. The van der Waals surface area contributed by atoms with Gasteiger partial charge in [0.25, 0.3) is 11.8 Å². The molecule has 1 aromatic heterocycles. The topological polar surface area (TPSA) is 91.4 Å². The molecule has 0 bridgehead atoms. The number of thioether (sulfide) groups is 1. The molecule has 1 saturated heterocycles. The largest absolute Gasteiger partial charge is 0.349 e. The monoisotopic (exact) mass is 490 g/mol. The van der Waals surface area contributed by atoms with Crippen molar-refractivity contribution in [3.8, 4) is 0 Å². The molecule has 4 rings (SSSR count). The minimum atomic E-state index is -0.612. The Kier molecular flexibility index (Phi) is 8.36. The first-order valence-corrected chi connectivity index (χ1v) is 13.2. The zero-order valence-electron chi connectivity index (χ0n) is 19.8. The molecule has 7 nitrogen and oxygen atoms in total. The van der Waals surface area contributed by atoms with E-state index in [1.807, 2.05) is 54.8 Å². The zero-order valence-corrected chi connectivity index (χ0v) is 20.6. The van der Waals surface area contributed by atoms with Crippen molar-refractivity contribution in [2.75, 3.05) is 25.1 Å². The maximum Gasteiger partial charge on any atom is 0.270 e. The van der Waals surface area contributed by atoms with Crippen molar-refractivity contribution < 1.29 is 14.4 Å². The number of hydrogen-bond acceptors (Lipinski definition) is 5. The van der Waals surface area contributed by atoms with Gasteiger partial charge in [-0.3, -0.25) is 14.4 Å². The number of carbonyl (C=O) groups excluding carboxylic acids is 3. The minimum Gasteiger partial charge on any atom is -0.349 e. The molecule has 2 heterocycles. The lowest BCUT2D eigenvalue weighted by atomic mass is 10.0. The molecule has 0 radical (unpaired) electrons. The van der Waals surface area contributed by atoms with Gasteiger partial charge in [-0.1, -0.05) is 42.5 Å². The van der Waals surface area contributed by atoms with Gasteiger partial charge in [-0.25, -0.2) is 4.98 Å². The summed E-state index contributed by atoms with van der Waals surface area (Å²) >= 11 is 1.64. The van der Waals surface area contributed by atoms with Crippen molar-refractivity contribution in [2.24, 2.45) is 0 Å². The number of nitrogens with zero attached hydrogens (tertiary/aromatic N) is 2. The molecule has 8 heteroatoms.